The number of hydrogen-bond donors (Lipinski definition) is 1. The largest absolute Gasteiger partial charge is 0.294 e. The number of piperazine rings is 1. The zero-order chi connectivity index (χ0) is 14.7. The van der Waals surface area contributed by atoms with Gasteiger partial charge in [0.25, 0.3) is 0 Å². The number of hydrogen-bond acceptors (Lipinski definition) is 4. The number of aryl methyl sites for hydroxylation is 1. The van der Waals surface area contributed by atoms with Crippen LogP contribution in [0.2, 0.25) is 0 Å². The van der Waals surface area contributed by atoms with Crippen LogP contribution in [0.1, 0.15) is 29.3 Å². The van der Waals surface area contributed by atoms with E-state index in [1.807, 2.05) is 26.0 Å². The van der Waals surface area contributed by atoms with Gasteiger partial charge in [-0.3, -0.25) is 24.6 Å². The molecular weight excluding hydrogens is 256 g/mol. The topological polar surface area (TPSA) is 66.5 Å². The lowest BCUT2D eigenvalue weighted by molar-refractivity contribution is -0.139. The van der Waals surface area contributed by atoms with Crippen molar-refractivity contribution in [3.63, 3.8) is 0 Å². The van der Waals surface area contributed by atoms with E-state index in [0.29, 0.717) is 12.0 Å². The Bertz CT molecular complexity index is 537. The average Bonchev–Trinajstić information content (AvgIpc) is 2.39. The summed E-state index contributed by atoms with van der Waals surface area (Å²) in [5.74, 6) is -0.747. The Labute approximate surface area is 118 Å². The number of nitrogens with one attached hydrogen (secondary N) is 1. The molecule has 0 aliphatic carbocycles. The van der Waals surface area contributed by atoms with Crippen LogP contribution in [-0.4, -0.2) is 41.6 Å². The fourth-order valence-electron chi connectivity index (χ4n) is 2.35. The lowest BCUT2D eigenvalue weighted by atomic mass is 10.1. The molecule has 2 amide bonds. The number of benzene rings is 1. The van der Waals surface area contributed by atoms with Gasteiger partial charge in [0.05, 0.1) is 19.1 Å². The molecule has 1 saturated heterocycles. The van der Waals surface area contributed by atoms with Crippen LogP contribution in [0.4, 0.5) is 0 Å². The standard InChI is InChI=1S/C15H18N2O3/c1-3-12-15(20)16-14(19)9-17(12)8-13(18)11-6-4-10(2)5-7-11/h4-7,12H,3,8-9H2,1-2H3,(H,16,19,20). The van der Waals surface area contributed by atoms with E-state index < -0.39 is 6.04 Å². The molecule has 1 atom stereocenters. The molecule has 1 unspecified atom stereocenters. The van der Waals surface area contributed by atoms with Crippen LogP contribution in [0, 0.1) is 6.92 Å². The minimum Gasteiger partial charge on any atom is -0.294 e. The van der Waals surface area contributed by atoms with Crippen molar-refractivity contribution in [2.24, 2.45) is 0 Å². The normalized spacial score (nSPS) is 19.8. The van der Waals surface area contributed by atoms with Crippen LogP contribution in [0.25, 0.3) is 0 Å². The molecule has 0 aromatic heterocycles. The van der Waals surface area contributed by atoms with Crippen molar-refractivity contribution in [1.82, 2.24) is 10.2 Å². The second kappa shape index (κ2) is 5.96. The van der Waals surface area contributed by atoms with Gasteiger partial charge in [0.15, 0.2) is 5.78 Å². The molecule has 1 fully saturated rings. The third-order valence-corrected chi connectivity index (χ3v) is 3.46. The molecule has 1 heterocycles. The van der Waals surface area contributed by atoms with Crippen molar-refractivity contribution in [3.8, 4) is 0 Å². The van der Waals surface area contributed by atoms with Gasteiger partial charge in [-0.05, 0) is 13.3 Å². The molecule has 106 valence electrons. The van der Waals surface area contributed by atoms with Gasteiger partial charge in [0, 0.05) is 5.56 Å². The van der Waals surface area contributed by atoms with Gasteiger partial charge in [0.2, 0.25) is 11.8 Å². The number of carbonyl (C=O) groups excluding carboxylic acids is 3. The predicted octanol–water partition coefficient (Wildman–Crippen LogP) is 0.915. The smallest absolute Gasteiger partial charge is 0.243 e. The lowest BCUT2D eigenvalue weighted by Gasteiger charge is -2.32. The Morgan fingerprint density at radius 3 is 2.55 bits per heavy atom. The monoisotopic (exact) mass is 274 g/mol. The van der Waals surface area contributed by atoms with E-state index in [0.717, 1.165) is 5.56 Å². The summed E-state index contributed by atoms with van der Waals surface area (Å²) in [6, 6.07) is 6.87. The van der Waals surface area contributed by atoms with Crippen LogP contribution in [0.15, 0.2) is 24.3 Å². The van der Waals surface area contributed by atoms with Crippen LogP contribution in [0.3, 0.4) is 0 Å². The number of nitrogens with zero attached hydrogens (tertiary/aromatic N) is 1. The van der Waals surface area contributed by atoms with E-state index in [1.165, 1.54) is 0 Å². The highest BCUT2D eigenvalue weighted by atomic mass is 16.2. The van der Waals surface area contributed by atoms with Gasteiger partial charge in [0.1, 0.15) is 0 Å². The van der Waals surface area contributed by atoms with Crippen LogP contribution < -0.4 is 5.32 Å². The summed E-state index contributed by atoms with van der Waals surface area (Å²) >= 11 is 0. The first kappa shape index (κ1) is 14.4. The minimum absolute atomic E-state index is 0.0778. The van der Waals surface area contributed by atoms with Gasteiger partial charge in [-0.15, -0.1) is 0 Å². The number of carbonyl (C=O) groups is 3. The first-order valence-corrected chi connectivity index (χ1v) is 6.69. The Morgan fingerprint density at radius 1 is 1.30 bits per heavy atom. The van der Waals surface area contributed by atoms with Gasteiger partial charge < -0.3 is 0 Å². The summed E-state index contributed by atoms with van der Waals surface area (Å²) in [4.78, 5) is 37.0. The van der Waals surface area contributed by atoms with Crippen molar-refractivity contribution in [3.05, 3.63) is 35.4 Å². The highest BCUT2D eigenvalue weighted by molar-refractivity contribution is 6.03. The van der Waals surface area contributed by atoms with Crippen molar-refractivity contribution in [2.75, 3.05) is 13.1 Å². The number of ketones is 1. The fourth-order valence-corrected chi connectivity index (χ4v) is 2.35. The average molecular weight is 274 g/mol. The van der Waals surface area contributed by atoms with Crippen LogP contribution in [-0.2, 0) is 9.59 Å². The van der Waals surface area contributed by atoms with Crippen molar-refractivity contribution >= 4 is 17.6 Å². The fraction of sp³-hybridized carbons (Fsp3) is 0.400. The second-order valence-corrected chi connectivity index (χ2v) is 5.03. The quantitative estimate of drug-likeness (QED) is 0.655. The summed E-state index contributed by atoms with van der Waals surface area (Å²) < 4.78 is 0. The molecule has 0 spiro atoms. The van der Waals surface area contributed by atoms with E-state index in [2.05, 4.69) is 5.32 Å². The summed E-state index contributed by atoms with van der Waals surface area (Å²) in [7, 11) is 0. The summed E-state index contributed by atoms with van der Waals surface area (Å²) in [5.41, 5.74) is 1.68. The molecular formula is C15H18N2O3. The van der Waals surface area contributed by atoms with E-state index in [1.54, 1.807) is 17.0 Å². The molecule has 1 aliphatic rings. The lowest BCUT2D eigenvalue weighted by Crippen LogP contribution is -2.58. The molecule has 2 rings (SSSR count). The molecule has 0 saturated carbocycles. The molecule has 1 aliphatic heterocycles. The number of rotatable bonds is 4. The summed E-state index contributed by atoms with van der Waals surface area (Å²) in [6.07, 6.45) is 0.570. The maximum absolute atomic E-state index is 12.2. The maximum atomic E-state index is 12.2. The summed E-state index contributed by atoms with van der Waals surface area (Å²) in [5, 5.41) is 2.30. The molecule has 5 nitrogen and oxygen atoms in total. The predicted molar refractivity (Wildman–Crippen MR) is 74.3 cm³/mol. The van der Waals surface area contributed by atoms with Gasteiger partial charge in [-0.25, -0.2) is 0 Å². The molecule has 1 aromatic carbocycles. The van der Waals surface area contributed by atoms with Crippen molar-refractivity contribution in [1.29, 1.82) is 0 Å². The van der Waals surface area contributed by atoms with E-state index in [-0.39, 0.29) is 30.7 Å². The number of Topliss-reactive ketones (excluding diaryl/α,β-unsaturated/α-hetero) is 1. The zero-order valence-electron chi connectivity index (χ0n) is 11.7. The van der Waals surface area contributed by atoms with E-state index in [4.69, 9.17) is 0 Å². The SMILES string of the molecule is CCC1C(=O)NC(=O)CN1CC(=O)c1ccc(C)cc1. The molecule has 20 heavy (non-hydrogen) atoms. The zero-order valence-corrected chi connectivity index (χ0v) is 11.7. The van der Waals surface area contributed by atoms with Crippen molar-refractivity contribution in [2.45, 2.75) is 26.3 Å². The van der Waals surface area contributed by atoms with E-state index >= 15 is 0 Å². The van der Waals surface area contributed by atoms with Crippen LogP contribution >= 0.6 is 0 Å². The number of amides is 2. The molecule has 1 aromatic rings. The molecule has 5 heteroatoms. The highest BCUT2D eigenvalue weighted by Gasteiger charge is 2.33. The number of imide groups is 1. The Balaban J connectivity index is 2.10. The Hall–Kier alpha value is -2.01. The van der Waals surface area contributed by atoms with Crippen molar-refractivity contribution < 1.29 is 14.4 Å². The third kappa shape index (κ3) is 3.11. The first-order chi connectivity index (χ1) is 9.51. The third-order valence-electron chi connectivity index (χ3n) is 3.46. The van der Waals surface area contributed by atoms with Gasteiger partial charge >= 0.3 is 0 Å². The highest BCUT2D eigenvalue weighted by Crippen LogP contribution is 2.11. The van der Waals surface area contributed by atoms with Gasteiger partial charge in [-0.1, -0.05) is 36.8 Å². The molecule has 1 N–H and O–H groups in total. The first-order valence-electron chi connectivity index (χ1n) is 6.69. The second-order valence-electron chi connectivity index (χ2n) is 5.03. The minimum atomic E-state index is -0.415. The maximum Gasteiger partial charge on any atom is 0.243 e. The Morgan fingerprint density at radius 2 is 1.95 bits per heavy atom. The molecule has 0 bridgehead atoms. The van der Waals surface area contributed by atoms with E-state index in [9.17, 15) is 14.4 Å². The Kier molecular flexibility index (Phi) is 4.29. The van der Waals surface area contributed by atoms with Crippen LogP contribution in [0.5, 0.6) is 0 Å². The van der Waals surface area contributed by atoms with Gasteiger partial charge in [-0.2, -0.15) is 0 Å². The molecule has 0 radical (unpaired) electrons. The summed E-state index contributed by atoms with van der Waals surface area (Å²) in [6.45, 7) is 3.99.